The number of halogens is 5. The molecule has 0 N–H and O–H groups in total. The van der Waals surface area contributed by atoms with Crippen LogP contribution in [0.5, 0.6) is 0 Å². The Labute approximate surface area is 160 Å². The highest BCUT2D eigenvalue weighted by Crippen LogP contribution is 2.32. The highest BCUT2D eigenvalue weighted by Gasteiger charge is 2.35. The van der Waals surface area contributed by atoms with Crippen molar-refractivity contribution in [2.75, 3.05) is 11.4 Å². The molecule has 0 atom stereocenters. The fourth-order valence-corrected chi connectivity index (χ4v) is 2.76. The molecule has 1 amide bonds. The van der Waals surface area contributed by atoms with Crippen LogP contribution in [0.3, 0.4) is 0 Å². The number of hydrogen-bond acceptors (Lipinski definition) is 3. The first-order valence-electron chi connectivity index (χ1n) is 7.52. The molecule has 0 bridgehead atoms. The summed E-state index contributed by atoms with van der Waals surface area (Å²) in [7, 11) is 0.788. The van der Waals surface area contributed by atoms with E-state index >= 15 is 4.39 Å². The Kier molecular flexibility index (Phi) is 5.70. The zero-order chi connectivity index (χ0) is 21.4. The molecular formula is C17H12ClF4N3O3. The van der Waals surface area contributed by atoms with Crippen LogP contribution in [0.15, 0.2) is 27.8 Å². The van der Waals surface area contributed by atoms with Gasteiger partial charge in [0.25, 0.3) is 5.56 Å². The molecule has 0 spiro atoms. The summed E-state index contributed by atoms with van der Waals surface area (Å²) in [5.41, 5.74) is -5.52. The molecule has 0 saturated heterocycles. The molecule has 0 aliphatic heterocycles. The number of rotatable bonds is 3. The van der Waals surface area contributed by atoms with Crippen molar-refractivity contribution in [3.63, 3.8) is 0 Å². The van der Waals surface area contributed by atoms with Gasteiger partial charge in [-0.3, -0.25) is 19.1 Å². The predicted molar refractivity (Wildman–Crippen MR) is 94.1 cm³/mol. The Hall–Kier alpha value is -3.06. The molecule has 0 fully saturated rings. The molecule has 28 heavy (non-hydrogen) atoms. The lowest BCUT2D eigenvalue weighted by atomic mass is 10.2. The lowest BCUT2D eigenvalue weighted by Gasteiger charge is -2.22. The summed E-state index contributed by atoms with van der Waals surface area (Å²) in [5, 5.41) is -0.247. The summed E-state index contributed by atoms with van der Waals surface area (Å²) >= 11 is 5.94. The van der Waals surface area contributed by atoms with Gasteiger partial charge in [0.1, 0.15) is 11.4 Å². The second-order valence-electron chi connectivity index (χ2n) is 5.58. The zero-order valence-electron chi connectivity index (χ0n) is 14.5. The first-order chi connectivity index (χ1) is 12.9. The molecule has 1 heterocycles. The van der Waals surface area contributed by atoms with E-state index in [0.717, 1.165) is 31.0 Å². The maximum Gasteiger partial charge on any atom is 0.431 e. The summed E-state index contributed by atoms with van der Waals surface area (Å²) in [6, 6.07) is 2.19. The molecule has 0 aliphatic carbocycles. The molecule has 11 heteroatoms. The van der Waals surface area contributed by atoms with E-state index in [9.17, 15) is 27.6 Å². The molecule has 0 unspecified atom stereocenters. The van der Waals surface area contributed by atoms with Crippen LogP contribution in [0.25, 0.3) is 5.69 Å². The fraction of sp³-hybridized carbons (Fsp3) is 0.235. The summed E-state index contributed by atoms with van der Waals surface area (Å²) in [6.07, 6.45) is 0.191. The van der Waals surface area contributed by atoms with Crippen LogP contribution in [-0.2, 0) is 18.0 Å². The average Bonchev–Trinajstić information content (AvgIpc) is 2.58. The molecule has 0 aliphatic rings. The number of anilines is 1. The number of hydrogen-bond donors (Lipinski definition) is 0. The van der Waals surface area contributed by atoms with E-state index in [1.54, 1.807) is 0 Å². The van der Waals surface area contributed by atoms with E-state index in [1.165, 1.54) is 0 Å². The average molecular weight is 418 g/mol. The minimum Gasteiger partial charge on any atom is -0.297 e. The topological polar surface area (TPSA) is 64.3 Å². The summed E-state index contributed by atoms with van der Waals surface area (Å²) in [5.74, 6) is 0.194. The molecule has 148 valence electrons. The van der Waals surface area contributed by atoms with E-state index in [4.69, 9.17) is 18.0 Å². The van der Waals surface area contributed by atoms with Gasteiger partial charge in [0.2, 0.25) is 5.91 Å². The SMILES string of the molecule is C#CCN(C(C)=O)c1c(Cl)ccc(-n2c(=O)cc(C(F)(F)F)n(C)c2=O)c1F. The fourth-order valence-electron chi connectivity index (χ4n) is 2.51. The number of carbonyl (C=O) groups excluding carboxylic acids is 1. The summed E-state index contributed by atoms with van der Waals surface area (Å²) in [4.78, 5) is 37.1. The largest absolute Gasteiger partial charge is 0.431 e. The third-order valence-electron chi connectivity index (χ3n) is 3.80. The van der Waals surface area contributed by atoms with Gasteiger partial charge >= 0.3 is 11.9 Å². The smallest absolute Gasteiger partial charge is 0.297 e. The normalized spacial score (nSPS) is 11.2. The second-order valence-corrected chi connectivity index (χ2v) is 5.99. The van der Waals surface area contributed by atoms with Crippen LogP contribution >= 0.6 is 11.6 Å². The van der Waals surface area contributed by atoms with Crippen LogP contribution in [0.1, 0.15) is 12.6 Å². The lowest BCUT2D eigenvalue weighted by molar-refractivity contribution is -0.144. The van der Waals surface area contributed by atoms with Gasteiger partial charge in [0.05, 0.1) is 17.3 Å². The van der Waals surface area contributed by atoms with Crippen molar-refractivity contribution < 1.29 is 22.4 Å². The van der Waals surface area contributed by atoms with Crippen molar-refractivity contribution in [2.45, 2.75) is 13.1 Å². The number of carbonyl (C=O) groups is 1. The van der Waals surface area contributed by atoms with Crippen molar-refractivity contribution in [3.8, 4) is 18.0 Å². The van der Waals surface area contributed by atoms with Crippen molar-refractivity contribution in [1.82, 2.24) is 9.13 Å². The lowest BCUT2D eigenvalue weighted by Crippen LogP contribution is -2.41. The van der Waals surface area contributed by atoms with E-state index in [1.807, 2.05) is 0 Å². The van der Waals surface area contributed by atoms with Crippen molar-refractivity contribution in [2.24, 2.45) is 7.05 Å². The number of benzene rings is 1. The van der Waals surface area contributed by atoms with E-state index in [2.05, 4.69) is 5.92 Å². The third-order valence-corrected chi connectivity index (χ3v) is 4.10. The van der Waals surface area contributed by atoms with Gasteiger partial charge in [-0.15, -0.1) is 6.42 Å². The number of amides is 1. The van der Waals surface area contributed by atoms with E-state index in [0.29, 0.717) is 0 Å². The highest BCUT2D eigenvalue weighted by molar-refractivity contribution is 6.34. The van der Waals surface area contributed by atoms with E-state index < -0.39 is 46.2 Å². The quantitative estimate of drug-likeness (QED) is 0.569. The number of nitrogens with zero attached hydrogens (tertiary/aromatic N) is 3. The molecule has 6 nitrogen and oxygen atoms in total. The Morgan fingerprint density at radius 2 is 1.93 bits per heavy atom. The van der Waals surface area contributed by atoms with Crippen LogP contribution in [-0.4, -0.2) is 21.6 Å². The van der Waals surface area contributed by atoms with Crippen molar-refractivity contribution in [1.29, 1.82) is 0 Å². The Bertz CT molecular complexity index is 1110. The first-order valence-corrected chi connectivity index (χ1v) is 7.89. The maximum absolute atomic E-state index is 15.1. The van der Waals surface area contributed by atoms with Gasteiger partial charge < -0.3 is 0 Å². The summed E-state index contributed by atoms with van der Waals surface area (Å²) in [6.45, 7) is 0.721. The van der Waals surface area contributed by atoms with E-state index in [-0.39, 0.29) is 26.8 Å². The number of alkyl halides is 3. The van der Waals surface area contributed by atoms with Gasteiger partial charge in [0.15, 0.2) is 5.82 Å². The summed E-state index contributed by atoms with van der Waals surface area (Å²) < 4.78 is 54.3. The Morgan fingerprint density at radius 3 is 2.43 bits per heavy atom. The van der Waals surface area contributed by atoms with Gasteiger partial charge in [-0.05, 0) is 12.1 Å². The molecule has 0 radical (unpaired) electrons. The molecule has 1 aromatic carbocycles. The van der Waals surface area contributed by atoms with Gasteiger partial charge in [-0.25, -0.2) is 13.8 Å². The number of terminal acetylenes is 1. The van der Waals surface area contributed by atoms with Crippen LogP contribution in [0.4, 0.5) is 23.2 Å². The highest BCUT2D eigenvalue weighted by atomic mass is 35.5. The molecule has 1 aromatic heterocycles. The Balaban J connectivity index is 2.86. The van der Waals surface area contributed by atoms with Crippen LogP contribution < -0.4 is 16.1 Å². The third kappa shape index (κ3) is 3.66. The van der Waals surface area contributed by atoms with Gasteiger partial charge in [-0.2, -0.15) is 13.2 Å². The first kappa shape index (κ1) is 21.2. The van der Waals surface area contributed by atoms with Crippen LogP contribution in [0.2, 0.25) is 5.02 Å². The molecule has 0 saturated carbocycles. The van der Waals surface area contributed by atoms with Crippen molar-refractivity contribution >= 4 is 23.2 Å². The monoisotopic (exact) mass is 417 g/mol. The molecular weight excluding hydrogens is 406 g/mol. The molecule has 2 aromatic rings. The zero-order valence-corrected chi connectivity index (χ0v) is 15.2. The van der Waals surface area contributed by atoms with Gasteiger partial charge in [0, 0.05) is 20.0 Å². The van der Waals surface area contributed by atoms with Gasteiger partial charge in [-0.1, -0.05) is 17.5 Å². The van der Waals surface area contributed by atoms with Crippen molar-refractivity contribution in [3.05, 3.63) is 55.6 Å². The minimum absolute atomic E-state index is 0.166. The standard InChI is InChI=1S/C17H12ClF4N3O3/c1-4-7-24(9(2)26)15-10(18)5-6-11(14(15)19)25-13(27)8-12(17(20,21)22)23(3)16(25)28/h1,5-6,8H,7H2,2-3H3. The Morgan fingerprint density at radius 1 is 1.32 bits per heavy atom. The number of aromatic nitrogens is 2. The maximum atomic E-state index is 15.1. The van der Waals surface area contributed by atoms with Crippen LogP contribution in [0, 0.1) is 18.2 Å². The second kappa shape index (κ2) is 7.52. The molecule has 2 rings (SSSR count). The minimum atomic E-state index is -4.96. The predicted octanol–water partition coefficient (Wildman–Crippen LogP) is 2.33.